The number of methoxy groups -OCH3 is 1. The van der Waals surface area contributed by atoms with Crippen LogP contribution in [0.4, 0.5) is 10.5 Å². The molecule has 1 aliphatic heterocycles. The highest BCUT2D eigenvalue weighted by Gasteiger charge is 2.70. The normalized spacial score (nSPS) is 24.8. The van der Waals surface area contributed by atoms with Crippen molar-refractivity contribution in [1.29, 1.82) is 0 Å². The predicted molar refractivity (Wildman–Crippen MR) is 180 cm³/mol. The van der Waals surface area contributed by atoms with E-state index in [9.17, 15) is 24.5 Å². The Morgan fingerprint density at radius 1 is 0.959 bits per heavy atom. The van der Waals surface area contributed by atoms with Crippen LogP contribution in [0.25, 0.3) is 0 Å². The molecule has 0 radical (unpaired) electrons. The van der Waals surface area contributed by atoms with Crippen molar-refractivity contribution in [2.24, 2.45) is 17.8 Å². The number of rotatable bonds is 9. The molecule has 5 rings (SSSR count). The average molecular weight is 669 g/mol. The van der Waals surface area contributed by atoms with E-state index in [2.05, 4.69) is 0 Å². The van der Waals surface area contributed by atoms with Crippen LogP contribution in [0, 0.1) is 27.9 Å². The Labute approximate surface area is 285 Å². The molecule has 0 bridgehead atoms. The number of imide groups is 1. The van der Waals surface area contributed by atoms with E-state index in [4.69, 9.17) is 14.2 Å². The number of ether oxygens (including phenoxy) is 3. The maximum absolute atomic E-state index is 15.4. The molecule has 2 amide bonds. The molecule has 1 aliphatic carbocycles. The maximum atomic E-state index is 15.4. The van der Waals surface area contributed by atoms with E-state index in [1.165, 1.54) is 13.2 Å². The van der Waals surface area contributed by atoms with Gasteiger partial charge in [0.25, 0.3) is 5.91 Å². The zero-order chi connectivity index (χ0) is 35.5. The van der Waals surface area contributed by atoms with Crippen LogP contribution in [0.2, 0.25) is 0 Å². The van der Waals surface area contributed by atoms with Crippen LogP contribution >= 0.6 is 0 Å². The Hall–Kier alpha value is -5.32. The van der Waals surface area contributed by atoms with E-state index < -0.39 is 69.6 Å². The number of benzene rings is 3. The minimum Gasteiger partial charge on any atom is -0.466 e. The summed E-state index contributed by atoms with van der Waals surface area (Å²) in [7, 11) is 1.22. The first kappa shape index (κ1) is 35.0. The van der Waals surface area contributed by atoms with Gasteiger partial charge in [-0.05, 0) is 62.3 Å². The fourth-order valence-corrected chi connectivity index (χ4v) is 7.73. The molecule has 6 atom stereocenters. The van der Waals surface area contributed by atoms with Crippen LogP contribution in [-0.2, 0) is 34.0 Å². The molecule has 3 aromatic rings. The molecular weight excluding hydrogens is 628 g/mol. The van der Waals surface area contributed by atoms with Gasteiger partial charge in [0.05, 0.1) is 31.2 Å². The smallest absolute Gasteiger partial charge is 0.421 e. The highest BCUT2D eigenvalue weighted by molar-refractivity contribution is 6.22. The van der Waals surface area contributed by atoms with Gasteiger partial charge in [0.1, 0.15) is 11.0 Å². The lowest BCUT2D eigenvalue weighted by Gasteiger charge is -2.39. The zero-order valence-corrected chi connectivity index (χ0v) is 28.1. The molecule has 11 nitrogen and oxygen atoms in total. The van der Waals surface area contributed by atoms with Gasteiger partial charge in [0, 0.05) is 17.4 Å². The van der Waals surface area contributed by atoms with E-state index in [0.717, 1.165) is 4.90 Å². The van der Waals surface area contributed by atoms with Crippen molar-refractivity contribution in [3.05, 3.63) is 124 Å². The number of nitro groups is 1. The summed E-state index contributed by atoms with van der Waals surface area (Å²) in [6.45, 7) is 6.77. The summed E-state index contributed by atoms with van der Waals surface area (Å²) < 4.78 is 16.0. The SMILES string of the molecule is CCOC(=O)C[C@H]1[C@H](/C=C/C(=O)OC)[C@@H](c2ccccc2)[C@@H]([N+](=O)[O-])[C@@H]1[C@@]1(c2ccccc2)C(=O)N(C(=O)OC(C)(C)C)c2ccccc21. The molecule has 0 unspecified atom stereocenters. The van der Waals surface area contributed by atoms with E-state index in [0.29, 0.717) is 16.7 Å². The summed E-state index contributed by atoms with van der Waals surface area (Å²) in [6, 6.07) is 22.7. The predicted octanol–water partition coefficient (Wildman–Crippen LogP) is 6.23. The summed E-state index contributed by atoms with van der Waals surface area (Å²) >= 11 is 0. The van der Waals surface area contributed by atoms with E-state index in [1.807, 2.05) is 0 Å². The number of anilines is 1. The molecule has 0 N–H and O–H groups in total. The first-order chi connectivity index (χ1) is 23.4. The zero-order valence-electron chi connectivity index (χ0n) is 28.1. The van der Waals surface area contributed by atoms with Crippen LogP contribution in [0.3, 0.4) is 0 Å². The third-order valence-corrected chi connectivity index (χ3v) is 9.31. The molecule has 2 aliphatic rings. The summed E-state index contributed by atoms with van der Waals surface area (Å²) in [4.78, 5) is 69.4. The molecule has 0 saturated heterocycles. The Morgan fingerprint density at radius 3 is 2.16 bits per heavy atom. The lowest BCUT2D eigenvalue weighted by Crippen LogP contribution is -2.54. The number of carbonyl (C=O) groups is 4. The highest BCUT2D eigenvalue weighted by atomic mass is 16.6. The second-order valence-corrected chi connectivity index (χ2v) is 13.2. The Morgan fingerprint density at radius 2 is 1.57 bits per heavy atom. The third-order valence-electron chi connectivity index (χ3n) is 9.31. The van der Waals surface area contributed by atoms with Gasteiger partial charge >= 0.3 is 18.0 Å². The highest BCUT2D eigenvalue weighted by Crippen LogP contribution is 2.62. The molecule has 256 valence electrons. The number of amides is 2. The van der Waals surface area contributed by atoms with Crippen LogP contribution < -0.4 is 4.90 Å². The Bertz CT molecular complexity index is 1750. The van der Waals surface area contributed by atoms with Crippen LogP contribution in [0.1, 0.15) is 56.7 Å². The van der Waals surface area contributed by atoms with Gasteiger partial charge in [0.2, 0.25) is 6.04 Å². The van der Waals surface area contributed by atoms with E-state index in [1.54, 1.807) is 119 Å². The fourth-order valence-electron chi connectivity index (χ4n) is 7.73. The van der Waals surface area contributed by atoms with Gasteiger partial charge in [-0.3, -0.25) is 19.7 Å². The number of esters is 2. The molecule has 0 aromatic heterocycles. The minimum absolute atomic E-state index is 0.0671. The second-order valence-electron chi connectivity index (χ2n) is 13.2. The van der Waals surface area contributed by atoms with E-state index in [-0.39, 0.29) is 18.7 Å². The van der Waals surface area contributed by atoms with Crippen LogP contribution in [0.5, 0.6) is 0 Å². The number of para-hydroxylation sites is 1. The molecule has 1 saturated carbocycles. The second kappa shape index (κ2) is 14.0. The minimum atomic E-state index is -1.84. The standard InChI is InChI=1S/C38H40N2O9/c1-6-48-31(42)23-27-26(21-22-30(41)47-5)32(24-15-9-7-10-16-24)34(40(45)46)33(27)38(25-17-11-8-12-18-25)28-19-13-14-20-29(28)39(35(38)43)36(44)49-37(2,3)4/h7-22,26-27,32-34H,6,23H2,1-5H3/b22-21+/t26-,27-,32+,33+,34+,38-/m0/s1. The largest absolute Gasteiger partial charge is 0.466 e. The molecular formula is C38H40N2O9. The molecule has 11 heteroatoms. The van der Waals surface area contributed by atoms with Crippen LogP contribution in [0.15, 0.2) is 97.1 Å². The number of allylic oxidation sites excluding steroid dienone is 1. The maximum Gasteiger partial charge on any atom is 0.421 e. The lowest BCUT2D eigenvalue weighted by molar-refractivity contribution is -0.534. The summed E-state index contributed by atoms with van der Waals surface area (Å²) in [5.41, 5.74) is -1.21. The number of nitrogens with zero attached hydrogens (tertiary/aromatic N) is 2. The third kappa shape index (κ3) is 6.45. The Balaban J connectivity index is 1.88. The summed E-state index contributed by atoms with van der Waals surface area (Å²) in [5, 5.41) is 13.6. The topological polar surface area (TPSA) is 142 Å². The van der Waals surface area contributed by atoms with Crippen LogP contribution in [-0.4, -0.2) is 54.2 Å². The van der Waals surface area contributed by atoms with Gasteiger partial charge in [-0.1, -0.05) is 84.9 Å². The first-order valence-electron chi connectivity index (χ1n) is 16.2. The number of hydrogen-bond donors (Lipinski definition) is 0. The molecule has 0 spiro atoms. The fraction of sp³-hybridized carbons (Fsp3) is 0.368. The monoisotopic (exact) mass is 668 g/mol. The molecule has 3 aromatic carbocycles. The van der Waals surface area contributed by atoms with Crippen molar-refractivity contribution in [1.82, 2.24) is 0 Å². The quantitative estimate of drug-likeness (QED) is 0.0853. The van der Waals surface area contributed by atoms with Crippen molar-refractivity contribution in [2.75, 3.05) is 18.6 Å². The summed E-state index contributed by atoms with van der Waals surface area (Å²) in [5.74, 6) is -5.91. The van der Waals surface area contributed by atoms with Gasteiger partial charge < -0.3 is 14.2 Å². The van der Waals surface area contributed by atoms with Crippen molar-refractivity contribution in [3.63, 3.8) is 0 Å². The average Bonchev–Trinajstić information content (AvgIpc) is 3.52. The number of carbonyl (C=O) groups excluding carboxylic acids is 4. The first-order valence-corrected chi connectivity index (χ1v) is 16.2. The molecule has 1 heterocycles. The molecule has 1 fully saturated rings. The van der Waals surface area contributed by atoms with Gasteiger partial charge in [-0.25, -0.2) is 14.5 Å². The summed E-state index contributed by atoms with van der Waals surface area (Å²) in [6.07, 6.45) is 1.51. The molecule has 49 heavy (non-hydrogen) atoms. The van der Waals surface area contributed by atoms with Gasteiger partial charge in [-0.15, -0.1) is 0 Å². The van der Waals surface area contributed by atoms with E-state index >= 15 is 4.79 Å². The number of fused-ring (bicyclic) bond motifs is 1. The Kier molecular flexibility index (Phi) is 10.0. The van der Waals surface area contributed by atoms with Gasteiger partial charge in [-0.2, -0.15) is 0 Å². The number of hydrogen-bond acceptors (Lipinski definition) is 9. The van der Waals surface area contributed by atoms with Crippen molar-refractivity contribution >= 4 is 29.6 Å². The lowest BCUT2D eigenvalue weighted by atomic mass is 9.60. The van der Waals surface area contributed by atoms with Crippen molar-refractivity contribution in [2.45, 2.75) is 57.1 Å². The van der Waals surface area contributed by atoms with Crippen molar-refractivity contribution < 1.29 is 38.3 Å². The van der Waals surface area contributed by atoms with Crippen molar-refractivity contribution in [3.8, 4) is 0 Å². The van der Waals surface area contributed by atoms with Gasteiger partial charge in [0.15, 0.2) is 0 Å².